The summed E-state index contributed by atoms with van der Waals surface area (Å²) in [5.41, 5.74) is 2.01. The van der Waals surface area contributed by atoms with Crippen LogP contribution in [0.5, 0.6) is 5.75 Å². The number of hydrogen-bond acceptors (Lipinski definition) is 4. The van der Waals surface area contributed by atoms with Crippen LogP contribution in [0.2, 0.25) is 0 Å². The second-order valence-electron chi connectivity index (χ2n) is 6.67. The molecule has 1 atom stereocenters. The molecule has 7 heteroatoms. The summed E-state index contributed by atoms with van der Waals surface area (Å²) in [5, 5.41) is 0. The van der Waals surface area contributed by atoms with Crippen LogP contribution in [0.25, 0.3) is 0 Å². The van der Waals surface area contributed by atoms with Crippen molar-refractivity contribution in [3.05, 3.63) is 59.7 Å². The molecular weight excluding hydrogens is 372 g/mol. The highest BCUT2D eigenvalue weighted by molar-refractivity contribution is 7.89. The topological polar surface area (TPSA) is 49.9 Å². The Balaban J connectivity index is 0.00000196. The minimum absolute atomic E-state index is 0. The normalized spacial score (nSPS) is 20.9. The molecule has 2 heterocycles. The van der Waals surface area contributed by atoms with Crippen molar-refractivity contribution >= 4 is 22.4 Å². The molecule has 2 aliphatic rings. The standard InChI is InChI=1S/C19H22N2O3S.ClH/c1-20-10-11-21(18(14-20)15-5-3-2-4-6-15)25(22,23)17-7-8-19-16(13-17)9-12-24-19;/h2-8,13,18H,9-12,14H2,1H3;1H. The van der Waals surface area contributed by atoms with Gasteiger partial charge in [0.05, 0.1) is 17.5 Å². The van der Waals surface area contributed by atoms with Gasteiger partial charge in [-0.25, -0.2) is 8.42 Å². The van der Waals surface area contributed by atoms with Gasteiger partial charge in [0.2, 0.25) is 10.0 Å². The van der Waals surface area contributed by atoms with E-state index in [0.717, 1.165) is 29.8 Å². The molecule has 0 amide bonds. The van der Waals surface area contributed by atoms with Crippen LogP contribution in [0, 0.1) is 0 Å². The van der Waals surface area contributed by atoms with E-state index < -0.39 is 10.0 Å². The molecule has 5 nitrogen and oxygen atoms in total. The van der Waals surface area contributed by atoms with Gasteiger partial charge in [-0.1, -0.05) is 30.3 Å². The molecule has 0 saturated carbocycles. The van der Waals surface area contributed by atoms with Gasteiger partial charge < -0.3 is 9.64 Å². The summed E-state index contributed by atoms with van der Waals surface area (Å²) in [6.07, 6.45) is 0.767. The van der Waals surface area contributed by atoms with Crippen LogP contribution < -0.4 is 4.74 Å². The van der Waals surface area contributed by atoms with E-state index in [1.807, 2.05) is 37.4 Å². The molecule has 0 N–H and O–H groups in total. The minimum atomic E-state index is -3.55. The van der Waals surface area contributed by atoms with Crippen molar-refractivity contribution in [3.8, 4) is 5.75 Å². The minimum Gasteiger partial charge on any atom is -0.493 e. The van der Waals surface area contributed by atoms with Crippen LogP contribution in [0.3, 0.4) is 0 Å². The predicted octanol–water partition coefficient (Wildman–Crippen LogP) is 2.72. The predicted molar refractivity (Wildman–Crippen MR) is 103 cm³/mol. The second kappa shape index (κ2) is 7.56. The number of benzene rings is 2. The second-order valence-corrected chi connectivity index (χ2v) is 8.56. The molecule has 0 aliphatic carbocycles. The lowest BCUT2D eigenvalue weighted by Crippen LogP contribution is -2.49. The Hall–Kier alpha value is -1.60. The third-order valence-corrected chi connectivity index (χ3v) is 6.89. The molecule has 2 aromatic rings. The van der Waals surface area contributed by atoms with Gasteiger partial charge in [0.1, 0.15) is 5.75 Å². The number of fused-ring (bicyclic) bond motifs is 1. The van der Waals surface area contributed by atoms with Crippen molar-refractivity contribution in [2.45, 2.75) is 17.4 Å². The van der Waals surface area contributed by atoms with Crippen LogP contribution >= 0.6 is 12.4 Å². The first kappa shape index (κ1) is 19.2. The Morgan fingerprint density at radius 2 is 1.85 bits per heavy atom. The lowest BCUT2D eigenvalue weighted by atomic mass is 10.1. The Morgan fingerprint density at radius 1 is 1.08 bits per heavy atom. The highest BCUT2D eigenvalue weighted by Gasteiger charge is 2.36. The van der Waals surface area contributed by atoms with E-state index in [0.29, 0.717) is 24.6 Å². The third-order valence-electron chi connectivity index (χ3n) is 4.99. The van der Waals surface area contributed by atoms with E-state index in [2.05, 4.69) is 4.90 Å². The van der Waals surface area contributed by atoms with Gasteiger partial charge in [0, 0.05) is 26.1 Å². The zero-order valence-electron chi connectivity index (χ0n) is 14.7. The van der Waals surface area contributed by atoms with Crippen LogP contribution in [-0.2, 0) is 16.4 Å². The Kier molecular flexibility index (Phi) is 5.58. The fourth-order valence-electron chi connectivity index (χ4n) is 3.60. The fourth-order valence-corrected chi connectivity index (χ4v) is 5.24. The molecule has 26 heavy (non-hydrogen) atoms. The van der Waals surface area contributed by atoms with Gasteiger partial charge in [-0.2, -0.15) is 4.31 Å². The Bertz CT molecular complexity index is 874. The molecule has 1 fully saturated rings. The summed E-state index contributed by atoms with van der Waals surface area (Å²) in [6.45, 7) is 2.54. The van der Waals surface area contributed by atoms with E-state index in [-0.39, 0.29) is 18.4 Å². The number of ether oxygens (including phenoxy) is 1. The number of piperazine rings is 1. The van der Waals surface area contributed by atoms with E-state index in [1.54, 1.807) is 22.5 Å². The maximum Gasteiger partial charge on any atom is 0.243 e. The summed E-state index contributed by atoms with van der Waals surface area (Å²) in [5.74, 6) is 0.803. The van der Waals surface area contributed by atoms with Crippen LogP contribution in [0.15, 0.2) is 53.4 Å². The molecule has 0 bridgehead atoms. The smallest absolute Gasteiger partial charge is 0.243 e. The number of hydrogen-bond donors (Lipinski definition) is 0. The Labute approximate surface area is 161 Å². The molecule has 140 valence electrons. The van der Waals surface area contributed by atoms with Gasteiger partial charge in [-0.05, 0) is 36.4 Å². The van der Waals surface area contributed by atoms with Crippen LogP contribution in [0.4, 0.5) is 0 Å². The average Bonchev–Trinajstić information content (AvgIpc) is 3.10. The monoisotopic (exact) mass is 394 g/mol. The van der Waals surface area contributed by atoms with Crippen molar-refractivity contribution in [2.24, 2.45) is 0 Å². The van der Waals surface area contributed by atoms with E-state index in [1.165, 1.54) is 0 Å². The van der Waals surface area contributed by atoms with E-state index >= 15 is 0 Å². The molecule has 1 saturated heterocycles. The van der Waals surface area contributed by atoms with Crippen LogP contribution in [0.1, 0.15) is 17.2 Å². The molecule has 4 rings (SSSR count). The highest BCUT2D eigenvalue weighted by atomic mass is 35.5. The lowest BCUT2D eigenvalue weighted by Gasteiger charge is -2.39. The summed E-state index contributed by atoms with van der Waals surface area (Å²) in [6, 6.07) is 14.9. The molecule has 0 radical (unpaired) electrons. The summed E-state index contributed by atoms with van der Waals surface area (Å²) in [7, 11) is -1.52. The van der Waals surface area contributed by atoms with Gasteiger partial charge in [0.25, 0.3) is 0 Å². The fraction of sp³-hybridized carbons (Fsp3) is 0.368. The first-order valence-corrected chi connectivity index (χ1v) is 10.0. The van der Waals surface area contributed by atoms with Gasteiger partial charge in [-0.3, -0.25) is 0 Å². The zero-order valence-corrected chi connectivity index (χ0v) is 16.3. The average molecular weight is 395 g/mol. The van der Waals surface area contributed by atoms with Crippen molar-refractivity contribution < 1.29 is 13.2 Å². The maximum atomic E-state index is 13.3. The van der Waals surface area contributed by atoms with Crippen molar-refractivity contribution in [2.75, 3.05) is 33.3 Å². The molecule has 2 aromatic carbocycles. The number of nitrogens with zero attached hydrogens (tertiary/aromatic N) is 2. The van der Waals surface area contributed by atoms with Gasteiger partial charge in [0.15, 0.2) is 0 Å². The first-order chi connectivity index (χ1) is 12.1. The summed E-state index contributed by atoms with van der Waals surface area (Å²) >= 11 is 0. The molecule has 2 aliphatic heterocycles. The number of halogens is 1. The quantitative estimate of drug-likeness (QED) is 0.803. The Morgan fingerprint density at radius 3 is 2.62 bits per heavy atom. The maximum absolute atomic E-state index is 13.3. The third kappa shape index (κ3) is 3.47. The molecular formula is C19H23ClN2O3S. The lowest BCUT2D eigenvalue weighted by molar-refractivity contribution is 0.160. The number of likely N-dealkylation sites (N-methyl/N-ethyl adjacent to an activating group) is 1. The number of sulfonamides is 1. The van der Waals surface area contributed by atoms with Crippen molar-refractivity contribution in [1.29, 1.82) is 0 Å². The molecule has 1 unspecified atom stereocenters. The SMILES string of the molecule is CN1CCN(S(=O)(=O)c2ccc3c(c2)CCO3)C(c2ccccc2)C1.Cl. The largest absolute Gasteiger partial charge is 0.493 e. The first-order valence-electron chi connectivity index (χ1n) is 8.57. The zero-order chi connectivity index (χ0) is 17.4. The number of rotatable bonds is 3. The van der Waals surface area contributed by atoms with E-state index in [4.69, 9.17) is 4.74 Å². The van der Waals surface area contributed by atoms with Crippen molar-refractivity contribution in [1.82, 2.24) is 9.21 Å². The molecule has 0 aromatic heterocycles. The summed E-state index contributed by atoms with van der Waals surface area (Å²) < 4.78 is 33.8. The highest BCUT2D eigenvalue weighted by Crippen LogP contribution is 2.33. The molecule has 0 spiro atoms. The van der Waals surface area contributed by atoms with Crippen LogP contribution in [-0.4, -0.2) is 50.9 Å². The van der Waals surface area contributed by atoms with Gasteiger partial charge in [-0.15, -0.1) is 12.4 Å². The van der Waals surface area contributed by atoms with E-state index in [9.17, 15) is 8.42 Å². The van der Waals surface area contributed by atoms with Crippen molar-refractivity contribution in [3.63, 3.8) is 0 Å². The summed E-state index contributed by atoms with van der Waals surface area (Å²) in [4.78, 5) is 2.54. The van der Waals surface area contributed by atoms with Gasteiger partial charge >= 0.3 is 0 Å².